The first-order valence-corrected chi connectivity index (χ1v) is 5.56. The Morgan fingerprint density at radius 2 is 2.06 bits per heavy atom. The maximum atomic E-state index is 11.8. The van der Waals surface area contributed by atoms with Gasteiger partial charge in [0.2, 0.25) is 0 Å². The molecule has 17 heavy (non-hydrogen) atoms. The molecule has 96 valence electrons. The Morgan fingerprint density at radius 3 is 2.53 bits per heavy atom. The highest BCUT2D eigenvalue weighted by molar-refractivity contribution is 5.82. The molecular formula is C12H19NO4. The summed E-state index contributed by atoms with van der Waals surface area (Å²) in [5, 5.41) is 9.02. The molecular weight excluding hydrogens is 222 g/mol. The van der Waals surface area contributed by atoms with Crippen LogP contribution in [-0.4, -0.2) is 28.2 Å². The smallest absolute Gasteiger partial charge is 0.324 e. The number of ether oxygens (including phenoxy) is 1. The summed E-state index contributed by atoms with van der Waals surface area (Å²) >= 11 is 0. The number of rotatable bonds is 2. The largest absolute Gasteiger partial charge is 0.480 e. The quantitative estimate of drug-likeness (QED) is 0.557. The van der Waals surface area contributed by atoms with E-state index in [2.05, 4.69) is 0 Å². The molecule has 0 heterocycles. The minimum Gasteiger partial charge on any atom is -0.480 e. The van der Waals surface area contributed by atoms with E-state index in [0.29, 0.717) is 0 Å². The maximum absolute atomic E-state index is 11.8. The monoisotopic (exact) mass is 241 g/mol. The van der Waals surface area contributed by atoms with E-state index in [1.54, 1.807) is 32.9 Å². The SMILES string of the molecule is CC(C)(C)OC(=O)[C@@H]1C=CC[C@@](N)(C(=O)O)C1. The summed E-state index contributed by atoms with van der Waals surface area (Å²) in [5.74, 6) is -2.09. The maximum Gasteiger partial charge on any atom is 0.324 e. The van der Waals surface area contributed by atoms with Gasteiger partial charge in [-0.2, -0.15) is 0 Å². The van der Waals surface area contributed by atoms with Crippen LogP contribution in [0, 0.1) is 5.92 Å². The van der Waals surface area contributed by atoms with E-state index < -0.39 is 29.0 Å². The zero-order valence-electron chi connectivity index (χ0n) is 10.4. The molecule has 0 radical (unpaired) electrons. The van der Waals surface area contributed by atoms with Crippen molar-refractivity contribution in [3.05, 3.63) is 12.2 Å². The van der Waals surface area contributed by atoms with E-state index in [0.717, 1.165) is 0 Å². The molecule has 2 atom stereocenters. The number of esters is 1. The molecule has 0 bridgehead atoms. The highest BCUT2D eigenvalue weighted by Crippen LogP contribution is 2.27. The van der Waals surface area contributed by atoms with Gasteiger partial charge < -0.3 is 15.6 Å². The lowest BCUT2D eigenvalue weighted by molar-refractivity contribution is -0.159. The molecule has 1 aliphatic rings. The molecule has 1 aliphatic carbocycles. The Labute approximate surface area is 101 Å². The fourth-order valence-corrected chi connectivity index (χ4v) is 1.70. The molecule has 0 saturated carbocycles. The fraction of sp³-hybridized carbons (Fsp3) is 0.667. The number of carbonyl (C=O) groups excluding carboxylic acids is 1. The van der Waals surface area contributed by atoms with Gasteiger partial charge in [-0.15, -0.1) is 0 Å². The summed E-state index contributed by atoms with van der Waals surface area (Å²) < 4.78 is 5.21. The van der Waals surface area contributed by atoms with Gasteiger partial charge in [0.1, 0.15) is 11.1 Å². The molecule has 5 nitrogen and oxygen atoms in total. The van der Waals surface area contributed by atoms with Crippen molar-refractivity contribution >= 4 is 11.9 Å². The van der Waals surface area contributed by atoms with E-state index >= 15 is 0 Å². The third kappa shape index (κ3) is 3.56. The fourth-order valence-electron chi connectivity index (χ4n) is 1.70. The topological polar surface area (TPSA) is 89.6 Å². The van der Waals surface area contributed by atoms with Crippen molar-refractivity contribution in [3.63, 3.8) is 0 Å². The number of hydrogen-bond acceptors (Lipinski definition) is 4. The second-order valence-corrected chi connectivity index (χ2v) is 5.44. The van der Waals surface area contributed by atoms with Crippen molar-refractivity contribution in [1.82, 2.24) is 0 Å². The first kappa shape index (κ1) is 13.7. The van der Waals surface area contributed by atoms with Crippen LogP contribution >= 0.6 is 0 Å². The van der Waals surface area contributed by atoms with Crippen LogP contribution in [0.15, 0.2) is 12.2 Å². The molecule has 3 N–H and O–H groups in total. The molecule has 0 aliphatic heterocycles. The summed E-state index contributed by atoms with van der Waals surface area (Å²) in [5.41, 5.74) is 3.79. The highest BCUT2D eigenvalue weighted by Gasteiger charge is 2.40. The Balaban J connectivity index is 2.75. The predicted molar refractivity (Wildman–Crippen MR) is 62.3 cm³/mol. The third-order valence-corrected chi connectivity index (χ3v) is 2.57. The summed E-state index contributed by atoms with van der Waals surface area (Å²) in [6.45, 7) is 5.30. The van der Waals surface area contributed by atoms with Gasteiger partial charge in [-0.1, -0.05) is 12.2 Å². The standard InChI is InChI=1S/C12H19NO4/c1-11(2,3)17-9(14)8-5-4-6-12(13,7-8)10(15)16/h4-5,8H,6-7,13H2,1-3H3,(H,15,16)/t8-,12+/m1/s1. The Hall–Kier alpha value is -1.36. The van der Waals surface area contributed by atoms with Crippen LogP contribution < -0.4 is 5.73 Å². The van der Waals surface area contributed by atoms with E-state index in [-0.39, 0.29) is 12.8 Å². The van der Waals surface area contributed by atoms with Crippen molar-refractivity contribution in [2.24, 2.45) is 11.7 Å². The lowest BCUT2D eigenvalue weighted by Gasteiger charge is -2.31. The number of carbonyl (C=O) groups is 2. The first-order chi connectivity index (χ1) is 7.64. The number of aliphatic carboxylic acids is 1. The van der Waals surface area contributed by atoms with E-state index in [4.69, 9.17) is 15.6 Å². The molecule has 0 aromatic rings. The Kier molecular flexibility index (Phi) is 3.62. The molecule has 0 unspecified atom stereocenters. The number of nitrogens with two attached hydrogens (primary N) is 1. The first-order valence-electron chi connectivity index (χ1n) is 5.56. The normalized spacial score (nSPS) is 28.8. The molecule has 5 heteroatoms. The van der Waals surface area contributed by atoms with Crippen LogP contribution in [0.2, 0.25) is 0 Å². The molecule has 0 aromatic carbocycles. The Morgan fingerprint density at radius 1 is 1.47 bits per heavy atom. The van der Waals surface area contributed by atoms with Crippen LogP contribution in [0.4, 0.5) is 0 Å². The molecule has 0 aromatic heterocycles. The van der Waals surface area contributed by atoms with Gasteiger partial charge in [-0.25, -0.2) is 0 Å². The summed E-state index contributed by atoms with van der Waals surface area (Å²) in [6, 6.07) is 0. The van der Waals surface area contributed by atoms with Gasteiger partial charge in [0, 0.05) is 0 Å². The van der Waals surface area contributed by atoms with Gasteiger partial charge >= 0.3 is 11.9 Å². The predicted octanol–water partition coefficient (Wildman–Crippen LogP) is 1.08. The van der Waals surface area contributed by atoms with E-state index in [9.17, 15) is 9.59 Å². The molecule has 0 fully saturated rings. The van der Waals surface area contributed by atoms with Crippen LogP contribution in [0.25, 0.3) is 0 Å². The summed E-state index contributed by atoms with van der Waals surface area (Å²) in [4.78, 5) is 22.8. The summed E-state index contributed by atoms with van der Waals surface area (Å²) in [7, 11) is 0. The van der Waals surface area contributed by atoms with Crippen molar-refractivity contribution < 1.29 is 19.4 Å². The van der Waals surface area contributed by atoms with Gasteiger partial charge in [0.05, 0.1) is 5.92 Å². The average Bonchev–Trinajstić information content (AvgIpc) is 2.15. The molecule has 0 saturated heterocycles. The molecule has 0 amide bonds. The van der Waals surface area contributed by atoms with Crippen LogP contribution in [0.3, 0.4) is 0 Å². The second kappa shape index (κ2) is 4.49. The molecule has 1 rings (SSSR count). The third-order valence-electron chi connectivity index (χ3n) is 2.57. The van der Waals surface area contributed by atoms with E-state index in [1.165, 1.54) is 0 Å². The van der Waals surface area contributed by atoms with Crippen LogP contribution in [0.5, 0.6) is 0 Å². The lowest BCUT2D eigenvalue weighted by Crippen LogP contribution is -2.51. The van der Waals surface area contributed by atoms with E-state index in [1.807, 2.05) is 0 Å². The number of hydrogen-bond donors (Lipinski definition) is 2. The highest BCUT2D eigenvalue weighted by atomic mass is 16.6. The van der Waals surface area contributed by atoms with Crippen molar-refractivity contribution in [2.75, 3.05) is 0 Å². The zero-order valence-corrected chi connectivity index (χ0v) is 10.4. The van der Waals surface area contributed by atoms with Gasteiger partial charge in [-0.3, -0.25) is 9.59 Å². The minimum absolute atomic E-state index is 0.0771. The second-order valence-electron chi connectivity index (χ2n) is 5.44. The summed E-state index contributed by atoms with van der Waals surface area (Å²) in [6.07, 6.45) is 3.61. The Bertz CT molecular complexity index is 356. The zero-order chi connectivity index (χ0) is 13.3. The number of carboxylic acid groups (broad SMARTS) is 1. The van der Waals surface area contributed by atoms with Gasteiger partial charge in [0.25, 0.3) is 0 Å². The van der Waals surface area contributed by atoms with Crippen molar-refractivity contribution in [3.8, 4) is 0 Å². The van der Waals surface area contributed by atoms with Crippen LogP contribution in [-0.2, 0) is 14.3 Å². The van der Waals surface area contributed by atoms with Gasteiger partial charge in [0.15, 0.2) is 0 Å². The average molecular weight is 241 g/mol. The molecule has 0 spiro atoms. The van der Waals surface area contributed by atoms with Crippen LogP contribution in [0.1, 0.15) is 33.6 Å². The number of carboxylic acids is 1. The minimum atomic E-state index is -1.36. The lowest BCUT2D eigenvalue weighted by atomic mass is 9.81. The van der Waals surface area contributed by atoms with Gasteiger partial charge in [-0.05, 0) is 33.6 Å². The van der Waals surface area contributed by atoms with Crippen molar-refractivity contribution in [1.29, 1.82) is 0 Å². The van der Waals surface area contributed by atoms with Crippen molar-refractivity contribution in [2.45, 2.75) is 44.8 Å².